The fourth-order valence-electron chi connectivity index (χ4n) is 5.19. The Labute approximate surface area is 303 Å². The highest BCUT2D eigenvalue weighted by Gasteiger charge is 2.38. The van der Waals surface area contributed by atoms with Crippen LogP contribution in [0.1, 0.15) is 36.8 Å². The molecule has 1 saturated heterocycles. The van der Waals surface area contributed by atoms with Crippen molar-refractivity contribution in [3.63, 3.8) is 0 Å². The van der Waals surface area contributed by atoms with Crippen LogP contribution in [0.5, 0.6) is 5.75 Å². The molecule has 0 spiro atoms. The molecule has 50 heavy (non-hydrogen) atoms. The molecule has 0 atom stereocenters. The number of likely N-dealkylation sites (N-methyl/N-ethyl adjacent to an activating group) is 1. The van der Waals surface area contributed by atoms with Gasteiger partial charge >= 0.3 is 12.1 Å². The maximum atomic E-state index is 12.5. The van der Waals surface area contributed by atoms with Crippen molar-refractivity contribution in [2.45, 2.75) is 50.9 Å². The topological polar surface area (TPSA) is 95.0 Å². The summed E-state index contributed by atoms with van der Waals surface area (Å²) in [6.45, 7) is 4.15. The van der Waals surface area contributed by atoms with E-state index in [1.165, 1.54) is 5.56 Å². The molecule has 8 nitrogen and oxygen atoms in total. The minimum absolute atomic E-state index is 0.0925. The Morgan fingerprint density at radius 3 is 2.34 bits per heavy atom. The number of amides is 1. The number of rotatable bonds is 13. The zero-order chi connectivity index (χ0) is 36.1. The molecule has 1 aliphatic rings. The number of piperidine rings is 1. The van der Waals surface area contributed by atoms with E-state index < -0.39 is 12.1 Å². The predicted molar refractivity (Wildman–Crippen MR) is 192 cm³/mol. The van der Waals surface area contributed by atoms with Crippen LogP contribution >= 0.6 is 34.5 Å². The number of hydrogen-bond donors (Lipinski definition) is 2. The van der Waals surface area contributed by atoms with Crippen LogP contribution in [0, 0.1) is 0 Å². The number of aromatic nitrogens is 1. The van der Waals surface area contributed by atoms with Crippen LogP contribution in [0.25, 0.3) is 11.3 Å². The summed E-state index contributed by atoms with van der Waals surface area (Å²) < 4.78 is 37.6. The van der Waals surface area contributed by atoms with Gasteiger partial charge in [0.15, 0.2) is 5.13 Å². The van der Waals surface area contributed by atoms with Gasteiger partial charge < -0.3 is 20.1 Å². The number of carbonyl (C=O) groups is 2. The number of hydrogen-bond acceptors (Lipinski definition) is 7. The van der Waals surface area contributed by atoms with Crippen molar-refractivity contribution >= 4 is 51.5 Å². The minimum atomic E-state index is -5.08. The number of nitrogens with zero attached hydrogens (tertiary/aromatic N) is 3. The number of aliphatic carboxylic acids is 1. The lowest BCUT2D eigenvalue weighted by Crippen LogP contribution is -2.44. The molecule has 0 radical (unpaired) electrons. The van der Waals surface area contributed by atoms with Crippen molar-refractivity contribution in [1.82, 2.24) is 15.2 Å². The van der Waals surface area contributed by atoms with Gasteiger partial charge in [0.1, 0.15) is 5.75 Å². The first-order valence-electron chi connectivity index (χ1n) is 16.1. The summed E-state index contributed by atoms with van der Waals surface area (Å²) in [7, 11) is 2.09. The number of ether oxygens (including phenoxy) is 1. The van der Waals surface area contributed by atoms with Crippen LogP contribution in [0.3, 0.4) is 0 Å². The molecule has 1 fully saturated rings. The smallest absolute Gasteiger partial charge is 0.490 e. The van der Waals surface area contributed by atoms with Crippen molar-refractivity contribution < 1.29 is 32.6 Å². The number of thiazole rings is 1. The summed E-state index contributed by atoms with van der Waals surface area (Å²) >= 11 is 13.8. The Morgan fingerprint density at radius 1 is 1.02 bits per heavy atom. The third-order valence-electron chi connectivity index (χ3n) is 7.95. The molecule has 4 aromatic rings. The summed E-state index contributed by atoms with van der Waals surface area (Å²) in [5.74, 6) is -1.86. The first-order chi connectivity index (χ1) is 23.9. The van der Waals surface area contributed by atoms with Crippen LogP contribution in [-0.4, -0.2) is 72.4 Å². The van der Waals surface area contributed by atoms with Gasteiger partial charge in [0, 0.05) is 56.6 Å². The number of carboxylic acid groups (broad SMARTS) is 1. The summed E-state index contributed by atoms with van der Waals surface area (Å²) in [5, 5.41) is 14.6. The number of halogens is 5. The van der Waals surface area contributed by atoms with E-state index in [1.54, 1.807) is 11.3 Å². The average Bonchev–Trinajstić information content (AvgIpc) is 3.59. The second kappa shape index (κ2) is 19.0. The summed E-state index contributed by atoms with van der Waals surface area (Å²) in [4.78, 5) is 30.8. The standard InChI is InChI=1S/C34H38Cl2N4O2S.C2HF3O2/c1-39(18-15-25-6-3-2-4-7-25)34-38-32(24-43-34)27-10-12-29(13-11-27)42-21-5-8-33(41)37-28-16-19-40(20-17-28)23-26-9-14-30(35)31(36)22-26;3-2(4,5)1(6)7/h2-4,6-7,9-14,22,24,28H,5,8,15-21,23H2,1H3,(H,37,41);(H,6,7). The third-order valence-corrected chi connectivity index (χ3v) is 9.64. The van der Waals surface area contributed by atoms with E-state index in [0.717, 1.165) is 73.1 Å². The van der Waals surface area contributed by atoms with Crippen molar-refractivity contribution in [3.05, 3.63) is 99.3 Å². The maximum absolute atomic E-state index is 12.5. The predicted octanol–water partition coefficient (Wildman–Crippen LogP) is 8.37. The molecule has 1 aromatic heterocycles. The van der Waals surface area contributed by atoms with E-state index in [2.05, 4.69) is 51.8 Å². The average molecular weight is 752 g/mol. The van der Waals surface area contributed by atoms with E-state index in [1.807, 2.05) is 48.5 Å². The van der Waals surface area contributed by atoms with Crippen LogP contribution < -0.4 is 15.0 Å². The molecular formula is C36H39Cl2F3N4O4S. The molecule has 0 aliphatic carbocycles. The number of benzene rings is 3. The van der Waals surface area contributed by atoms with E-state index in [9.17, 15) is 18.0 Å². The maximum Gasteiger partial charge on any atom is 0.490 e. The van der Waals surface area contributed by atoms with Gasteiger partial charge in [0.2, 0.25) is 5.91 Å². The molecule has 0 bridgehead atoms. The number of likely N-dealkylation sites (tertiary alicyclic amines) is 1. The second-order valence-corrected chi connectivity index (χ2v) is 13.5. The van der Waals surface area contributed by atoms with Gasteiger partial charge in [0.05, 0.1) is 22.3 Å². The quantitative estimate of drug-likeness (QED) is 0.133. The monoisotopic (exact) mass is 750 g/mol. The van der Waals surface area contributed by atoms with E-state index in [-0.39, 0.29) is 11.9 Å². The highest BCUT2D eigenvalue weighted by atomic mass is 35.5. The first kappa shape index (κ1) is 39.0. The lowest BCUT2D eigenvalue weighted by atomic mass is 10.0. The van der Waals surface area contributed by atoms with Gasteiger partial charge in [-0.3, -0.25) is 9.69 Å². The van der Waals surface area contributed by atoms with Gasteiger partial charge in [-0.1, -0.05) is 59.6 Å². The van der Waals surface area contributed by atoms with Crippen molar-refractivity contribution in [2.24, 2.45) is 0 Å². The van der Waals surface area contributed by atoms with Gasteiger partial charge in [-0.25, -0.2) is 9.78 Å². The molecular weight excluding hydrogens is 712 g/mol. The van der Waals surface area contributed by atoms with Gasteiger partial charge in [-0.05, 0) is 73.2 Å². The van der Waals surface area contributed by atoms with Crippen molar-refractivity contribution in [3.8, 4) is 17.0 Å². The van der Waals surface area contributed by atoms with Crippen LogP contribution in [0.2, 0.25) is 10.0 Å². The molecule has 1 amide bonds. The van der Waals surface area contributed by atoms with Crippen LogP contribution in [0.15, 0.2) is 78.2 Å². The molecule has 0 unspecified atom stereocenters. The Balaban J connectivity index is 0.000000727. The Hall–Kier alpha value is -3.84. The lowest BCUT2D eigenvalue weighted by molar-refractivity contribution is -0.192. The number of alkyl halides is 3. The SMILES string of the molecule is CN(CCc1ccccc1)c1nc(-c2ccc(OCCCC(=O)NC3CCN(Cc4ccc(Cl)c(Cl)c4)CC3)cc2)cs1.O=C(O)C(F)(F)F. The minimum Gasteiger partial charge on any atom is -0.494 e. The number of carbonyl (C=O) groups excluding carboxylic acids is 1. The van der Waals surface area contributed by atoms with Gasteiger partial charge in [-0.2, -0.15) is 13.2 Å². The van der Waals surface area contributed by atoms with E-state index >= 15 is 0 Å². The Bertz CT molecular complexity index is 1670. The molecule has 2 N–H and O–H groups in total. The molecule has 14 heteroatoms. The Morgan fingerprint density at radius 2 is 1.70 bits per heavy atom. The zero-order valence-corrected chi connectivity index (χ0v) is 29.8. The van der Waals surface area contributed by atoms with Crippen LogP contribution in [0.4, 0.5) is 18.3 Å². The largest absolute Gasteiger partial charge is 0.494 e. The zero-order valence-electron chi connectivity index (χ0n) is 27.5. The highest BCUT2D eigenvalue weighted by molar-refractivity contribution is 7.14. The first-order valence-corrected chi connectivity index (χ1v) is 17.7. The molecule has 1 aliphatic heterocycles. The molecule has 0 saturated carbocycles. The number of nitrogens with one attached hydrogen (secondary N) is 1. The fourth-order valence-corrected chi connectivity index (χ4v) is 6.33. The number of carboxylic acids is 1. The van der Waals surface area contributed by atoms with E-state index in [0.29, 0.717) is 29.5 Å². The molecule has 5 rings (SSSR count). The van der Waals surface area contributed by atoms with Crippen molar-refractivity contribution in [1.29, 1.82) is 0 Å². The Kier molecular flexibility index (Phi) is 14.8. The summed E-state index contributed by atoms with van der Waals surface area (Å²) in [6.07, 6.45) is -1.07. The second-order valence-electron chi connectivity index (χ2n) is 11.8. The molecule has 3 aromatic carbocycles. The molecule has 268 valence electrons. The fraction of sp³-hybridized carbons (Fsp3) is 0.361. The number of anilines is 1. The van der Waals surface area contributed by atoms with E-state index in [4.69, 9.17) is 42.8 Å². The summed E-state index contributed by atoms with van der Waals surface area (Å²) in [5.41, 5.74) is 4.52. The normalized spacial score (nSPS) is 13.6. The van der Waals surface area contributed by atoms with Gasteiger partial charge in [0.25, 0.3) is 0 Å². The van der Waals surface area contributed by atoms with Gasteiger partial charge in [-0.15, -0.1) is 11.3 Å². The summed E-state index contributed by atoms with van der Waals surface area (Å²) in [6, 6.07) is 24.6. The highest BCUT2D eigenvalue weighted by Crippen LogP contribution is 2.29. The van der Waals surface area contributed by atoms with Crippen molar-refractivity contribution in [2.75, 3.05) is 38.2 Å². The molecule has 2 heterocycles. The lowest BCUT2D eigenvalue weighted by Gasteiger charge is -2.32. The van der Waals surface area contributed by atoms with Crippen LogP contribution in [-0.2, 0) is 22.6 Å². The third kappa shape index (κ3) is 12.8.